The molecule has 2 aliphatic heterocycles. The van der Waals surface area contributed by atoms with E-state index in [1.54, 1.807) is 0 Å². The monoisotopic (exact) mass is 336 g/mol. The van der Waals surface area contributed by atoms with Crippen molar-refractivity contribution in [3.05, 3.63) is 53.6 Å². The number of aryl methyl sites for hydroxylation is 1. The number of imide groups is 1. The molecule has 2 unspecified atom stereocenters. The lowest BCUT2D eigenvalue weighted by atomic mass is 9.85. The van der Waals surface area contributed by atoms with Gasteiger partial charge in [-0.1, -0.05) is 48.1 Å². The number of fused-ring (bicyclic) bond motifs is 1. The van der Waals surface area contributed by atoms with Crippen LogP contribution in [-0.4, -0.2) is 41.4 Å². The number of nitrogens with zero attached hydrogens (tertiary/aromatic N) is 2. The molecular formula is C21H24N2O2. The number of benzene rings is 1. The summed E-state index contributed by atoms with van der Waals surface area (Å²) in [5.41, 5.74) is 3.90. The minimum atomic E-state index is -0.124. The molecule has 2 amide bonds. The van der Waals surface area contributed by atoms with Crippen molar-refractivity contribution in [2.24, 2.45) is 11.8 Å². The summed E-state index contributed by atoms with van der Waals surface area (Å²) < 4.78 is 0. The van der Waals surface area contributed by atoms with Crippen LogP contribution in [-0.2, 0) is 9.59 Å². The van der Waals surface area contributed by atoms with Crippen LogP contribution < -0.4 is 0 Å². The molecule has 4 rings (SSSR count). The zero-order chi connectivity index (χ0) is 17.4. The summed E-state index contributed by atoms with van der Waals surface area (Å²) >= 11 is 0. The molecule has 130 valence electrons. The lowest BCUT2D eigenvalue weighted by Gasteiger charge is -2.29. The molecule has 1 aromatic carbocycles. The van der Waals surface area contributed by atoms with Crippen LogP contribution in [0.3, 0.4) is 0 Å². The smallest absolute Gasteiger partial charge is 0.234 e. The third-order valence-electron chi connectivity index (χ3n) is 5.66. The van der Waals surface area contributed by atoms with Gasteiger partial charge in [0.2, 0.25) is 11.8 Å². The molecule has 4 nitrogen and oxygen atoms in total. The Bertz CT molecular complexity index is 722. The third-order valence-corrected chi connectivity index (χ3v) is 5.66. The molecule has 3 aliphatic rings. The first-order valence-electron chi connectivity index (χ1n) is 9.12. The molecule has 0 bridgehead atoms. The Hall–Kier alpha value is -2.20. The van der Waals surface area contributed by atoms with Crippen molar-refractivity contribution in [2.75, 3.05) is 19.8 Å². The first kappa shape index (κ1) is 16.3. The second-order valence-electron chi connectivity index (χ2n) is 7.32. The predicted octanol–water partition coefficient (Wildman–Crippen LogP) is 2.99. The molecule has 1 fully saturated rings. The van der Waals surface area contributed by atoms with E-state index in [1.165, 1.54) is 21.6 Å². The van der Waals surface area contributed by atoms with Crippen LogP contribution in [0.25, 0.3) is 5.57 Å². The minimum Gasteiger partial charge on any atom is -0.282 e. The molecule has 25 heavy (non-hydrogen) atoms. The summed E-state index contributed by atoms with van der Waals surface area (Å²) in [6.07, 6.45) is 8.68. The molecule has 1 aliphatic carbocycles. The van der Waals surface area contributed by atoms with Gasteiger partial charge in [0.1, 0.15) is 0 Å². The molecule has 0 aromatic heterocycles. The highest BCUT2D eigenvalue weighted by Crippen LogP contribution is 2.35. The van der Waals surface area contributed by atoms with Crippen molar-refractivity contribution in [1.82, 2.24) is 9.80 Å². The Morgan fingerprint density at radius 1 is 1.00 bits per heavy atom. The van der Waals surface area contributed by atoms with E-state index in [0.717, 1.165) is 19.5 Å². The predicted molar refractivity (Wildman–Crippen MR) is 97.4 cm³/mol. The van der Waals surface area contributed by atoms with Gasteiger partial charge < -0.3 is 0 Å². The summed E-state index contributed by atoms with van der Waals surface area (Å²) in [5, 5.41) is 0. The Balaban J connectivity index is 1.41. The van der Waals surface area contributed by atoms with Gasteiger partial charge in [0.25, 0.3) is 0 Å². The number of carbonyl (C=O) groups is 2. The topological polar surface area (TPSA) is 40.6 Å². The van der Waals surface area contributed by atoms with Crippen molar-refractivity contribution in [3.8, 4) is 0 Å². The number of likely N-dealkylation sites (tertiary alicyclic amines) is 1. The summed E-state index contributed by atoms with van der Waals surface area (Å²) in [4.78, 5) is 28.8. The number of amides is 2. The molecule has 0 N–H and O–H groups in total. The van der Waals surface area contributed by atoms with E-state index in [1.807, 2.05) is 12.2 Å². The van der Waals surface area contributed by atoms with Crippen LogP contribution in [0.4, 0.5) is 0 Å². The van der Waals surface area contributed by atoms with Gasteiger partial charge in [0.05, 0.1) is 18.5 Å². The fourth-order valence-corrected chi connectivity index (χ4v) is 4.08. The molecule has 4 heteroatoms. The largest absolute Gasteiger partial charge is 0.282 e. The highest BCUT2D eigenvalue weighted by molar-refractivity contribution is 6.05. The van der Waals surface area contributed by atoms with Gasteiger partial charge in [-0.25, -0.2) is 0 Å². The molecule has 0 spiro atoms. The summed E-state index contributed by atoms with van der Waals surface area (Å²) in [6, 6.07) is 8.61. The van der Waals surface area contributed by atoms with Crippen molar-refractivity contribution in [3.63, 3.8) is 0 Å². The quantitative estimate of drug-likeness (QED) is 0.629. The van der Waals surface area contributed by atoms with Crippen LogP contribution in [0.15, 0.2) is 42.5 Å². The maximum atomic E-state index is 12.6. The SMILES string of the molecule is Cc1ccc(C2=CCN(CN3C(=O)C4CC=CCC4C3=O)CC2)cc1. The fourth-order valence-electron chi connectivity index (χ4n) is 4.08. The molecule has 2 heterocycles. The van der Waals surface area contributed by atoms with E-state index in [4.69, 9.17) is 0 Å². The minimum absolute atomic E-state index is 0.0210. The molecule has 2 atom stereocenters. The van der Waals surface area contributed by atoms with Gasteiger partial charge in [0.15, 0.2) is 0 Å². The van der Waals surface area contributed by atoms with Crippen LogP contribution in [0.1, 0.15) is 30.4 Å². The number of allylic oxidation sites excluding steroid dienone is 2. The Labute approximate surface area is 148 Å². The molecule has 0 saturated carbocycles. The first-order chi connectivity index (χ1) is 12.1. The zero-order valence-corrected chi connectivity index (χ0v) is 14.6. The van der Waals surface area contributed by atoms with Gasteiger partial charge in [0, 0.05) is 13.1 Å². The van der Waals surface area contributed by atoms with Crippen molar-refractivity contribution in [2.45, 2.75) is 26.2 Å². The van der Waals surface area contributed by atoms with Gasteiger partial charge >= 0.3 is 0 Å². The zero-order valence-electron chi connectivity index (χ0n) is 14.6. The molecule has 0 radical (unpaired) electrons. The molecule has 1 aromatic rings. The second-order valence-corrected chi connectivity index (χ2v) is 7.32. The lowest BCUT2D eigenvalue weighted by Crippen LogP contribution is -2.43. The van der Waals surface area contributed by atoms with Gasteiger partial charge in [-0.05, 0) is 37.3 Å². The molecular weight excluding hydrogens is 312 g/mol. The Kier molecular flexibility index (Phi) is 4.30. The Morgan fingerprint density at radius 2 is 1.64 bits per heavy atom. The number of rotatable bonds is 3. The summed E-state index contributed by atoms with van der Waals surface area (Å²) in [7, 11) is 0. The fraction of sp³-hybridized carbons (Fsp3) is 0.429. The van der Waals surface area contributed by atoms with Crippen LogP contribution >= 0.6 is 0 Å². The van der Waals surface area contributed by atoms with Crippen molar-refractivity contribution < 1.29 is 9.59 Å². The van der Waals surface area contributed by atoms with Gasteiger partial charge in [-0.2, -0.15) is 0 Å². The van der Waals surface area contributed by atoms with Crippen molar-refractivity contribution >= 4 is 17.4 Å². The van der Waals surface area contributed by atoms with E-state index in [2.05, 4.69) is 42.2 Å². The Morgan fingerprint density at radius 3 is 2.20 bits per heavy atom. The second kappa shape index (κ2) is 6.60. The van der Waals surface area contributed by atoms with Crippen LogP contribution in [0, 0.1) is 18.8 Å². The standard InChI is InChI=1S/C21H24N2O2/c1-15-6-8-16(9-7-15)17-10-12-22(13-11-17)14-23-20(24)18-4-2-3-5-19(18)21(23)25/h2-3,6-10,18-19H,4-5,11-14H2,1H3. The maximum absolute atomic E-state index is 12.6. The average molecular weight is 336 g/mol. The number of carbonyl (C=O) groups excluding carboxylic acids is 2. The number of hydrogen-bond donors (Lipinski definition) is 0. The molecule has 1 saturated heterocycles. The lowest BCUT2D eigenvalue weighted by molar-refractivity contribution is -0.142. The third kappa shape index (κ3) is 3.07. The normalized spacial score (nSPS) is 26.8. The van der Waals surface area contributed by atoms with E-state index < -0.39 is 0 Å². The van der Waals surface area contributed by atoms with E-state index in [9.17, 15) is 9.59 Å². The number of hydrogen-bond acceptors (Lipinski definition) is 3. The highest BCUT2D eigenvalue weighted by atomic mass is 16.2. The summed E-state index contributed by atoms with van der Waals surface area (Å²) in [5.74, 6) is -0.206. The van der Waals surface area contributed by atoms with Gasteiger partial charge in [-0.3, -0.25) is 19.4 Å². The first-order valence-corrected chi connectivity index (χ1v) is 9.12. The average Bonchev–Trinajstić information content (AvgIpc) is 2.88. The highest BCUT2D eigenvalue weighted by Gasteiger charge is 2.47. The van der Waals surface area contributed by atoms with Crippen molar-refractivity contribution in [1.29, 1.82) is 0 Å². The maximum Gasteiger partial charge on any atom is 0.234 e. The van der Waals surface area contributed by atoms with Crippen LogP contribution in [0.2, 0.25) is 0 Å². The van der Waals surface area contributed by atoms with Crippen LogP contribution in [0.5, 0.6) is 0 Å². The van der Waals surface area contributed by atoms with E-state index in [-0.39, 0.29) is 23.7 Å². The van der Waals surface area contributed by atoms with E-state index in [0.29, 0.717) is 19.5 Å². The summed E-state index contributed by atoms with van der Waals surface area (Å²) in [6.45, 7) is 4.19. The van der Waals surface area contributed by atoms with Gasteiger partial charge in [-0.15, -0.1) is 0 Å². The van der Waals surface area contributed by atoms with E-state index >= 15 is 0 Å².